The lowest BCUT2D eigenvalue weighted by atomic mass is 10.1. The molecule has 0 radical (unpaired) electrons. The van der Waals surface area contributed by atoms with Crippen LogP contribution in [0.15, 0.2) is 28.7 Å². The third-order valence-corrected chi connectivity index (χ3v) is 4.69. The Bertz CT molecular complexity index is 572. The summed E-state index contributed by atoms with van der Waals surface area (Å²) in [5.74, 6) is 0. The lowest BCUT2D eigenvalue weighted by molar-refractivity contribution is 0.570. The van der Waals surface area contributed by atoms with Crippen molar-refractivity contribution in [1.82, 2.24) is 15.1 Å². The van der Waals surface area contributed by atoms with Gasteiger partial charge in [0.05, 0.1) is 21.5 Å². The van der Waals surface area contributed by atoms with E-state index in [1.165, 1.54) is 5.56 Å². The van der Waals surface area contributed by atoms with Crippen LogP contribution in [0.1, 0.15) is 43.3 Å². The second-order valence-electron chi connectivity index (χ2n) is 5.16. The molecule has 108 valence electrons. The second-order valence-corrected chi connectivity index (χ2v) is 5.96. The highest BCUT2D eigenvalue weighted by atomic mass is 79.9. The second kappa shape index (κ2) is 6.55. The minimum absolute atomic E-state index is 0.385. The summed E-state index contributed by atoms with van der Waals surface area (Å²) in [6, 6.07) is 8.99. The molecule has 3 nitrogen and oxygen atoms in total. The van der Waals surface area contributed by atoms with E-state index in [-0.39, 0.29) is 0 Å². The molecular formula is C16H22BrN3. The lowest BCUT2D eigenvalue weighted by Gasteiger charge is -2.14. The maximum absolute atomic E-state index is 4.56. The van der Waals surface area contributed by atoms with E-state index < -0.39 is 0 Å². The molecule has 2 rings (SSSR count). The Hall–Kier alpha value is -1.13. The quantitative estimate of drug-likeness (QED) is 0.882. The van der Waals surface area contributed by atoms with Crippen molar-refractivity contribution in [1.29, 1.82) is 0 Å². The first-order valence-electron chi connectivity index (χ1n) is 7.10. The molecule has 1 heterocycles. The van der Waals surface area contributed by atoms with Gasteiger partial charge in [-0.25, -0.2) is 4.68 Å². The molecule has 0 fully saturated rings. The van der Waals surface area contributed by atoms with E-state index in [1.807, 2.05) is 11.6 Å². The zero-order valence-electron chi connectivity index (χ0n) is 12.6. The molecule has 2 aromatic rings. The van der Waals surface area contributed by atoms with Crippen LogP contribution in [0, 0.1) is 13.8 Å². The van der Waals surface area contributed by atoms with Crippen molar-refractivity contribution in [3.05, 3.63) is 45.7 Å². The minimum atomic E-state index is 0.385. The predicted octanol–water partition coefficient (Wildman–Crippen LogP) is 4.31. The Labute approximate surface area is 129 Å². The van der Waals surface area contributed by atoms with E-state index in [2.05, 4.69) is 71.4 Å². The number of aryl methyl sites for hydroxylation is 1. The number of nitrogens with one attached hydrogen (secondary N) is 1. The highest BCUT2D eigenvalue weighted by Gasteiger charge is 2.10. The maximum Gasteiger partial charge on any atom is 0.0743 e. The number of rotatable bonds is 5. The number of hydrogen-bond acceptors (Lipinski definition) is 2. The molecule has 1 N–H and O–H groups in total. The summed E-state index contributed by atoms with van der Waals surface area (Å²) in [7, 11) is 0. The smallest absolute Gasteiger partial charge is 0.0743 e. The Morgan fingerprint density at radius 2 is 1.90 bits per heavy atom. The average Bonchev–Trinajstić information content (AvgIpc) is 2.72. The van der Waals surface area contributed by atoms with Crippen molar-refractivity contribution >= 4 is 15.9 Å². The van der Waals surface area contributed by atoms with Crippen LogP contribution in [0.2, 0.25) is 0 Å². The van der Waals surface area contributed by atoms with Gasteiger partial charge in [-0.3, -0.25) is 0 Å². The zero-order valence-corrected chi connectivity index (χ0v) is 14.2. The topological polar surface area (TPSA) is 29.9 Å². The van der Waals surface area contributed by atoms with Crippen LogP contribution < -0.4 is 5.32 Å². The van der Waals surface area contributed by atoms with Gasteiger partial charge >= 0.3 is 0 Å². The summed E-state index contributed by atoms with van der Waals surface area (Å²) in [6.45, 7) is 9.52. The molecule has 1 aromatic carbocycles. The fourth-order valence-corrected chi connectivity index (χ4v) is 2.51. The summed E-state index contributed by atoms with van der Waals surface area (Å²) < 4.78 is 3.06. The Balaban J connectivity index is 2.21. The van der Waals surface area contributed by atoms with E-state index >= 15 is 0 Å². The molecule has 0 aliphatic heterocycles. The number of nitrogens with zero attached hydrogens (tertiary/aromatic N) is 2. The SMILES string of the molecule is CCCNC(C)c1ccc(-n2nc(C)c(Br)c2C)cc1. The van der Waals surface area contributed by atoms with Gasteiger partial charge in [-0.1, -0.05) is 19.1 Å². The van der Waals surface area contributed by atoms with Gasteiger partial charge in [0.2, 0.25) is 0 Å². The zero-order chi connectivity index (χ0) is 14.7. The van der Waals surface area contributed by atoms with Crippen LogP contribution in [0.4, 0.5) is 0 Å². The third-order valence-electron chi connectivity index (χ3n) is 3.54. The fourth-order valence-electron chi connectivity index (χ4n) is 2.26. The number of hydrogen-bond donors (Lipinski definition) is 1. The van der Waals surface area contributed by atoms with Gasteiger partial charge in [0, 0.05) is 6.04 Å². The van der Waals surface area contributed by atoms with E-state index in [0.29, 0.717) is 6.04 Å². The average molecular weight is 336 g/mol. The molecule has 0 saturated heterocycles. The predicted molar refractivity (Wildman–Crippen MR) is 87.4 cm³/mol. The summed E-state index contributed by atoms with van der Waals surface area (Å²) in [6.07, 6.45) is 1.15. The summed E-state index contributed by atoms with van der Waals surface area (Å²) >= 11 is 3.57. The normalized spacial score (nSPS) is 12.7. The van der Waals surface area contributed by atoms with Crippen LogP contribution in [-0.2, 0) is 0 Å². The van der Waals surface area contributed by atoms with Gasteiger partial charge in [0.25, 0.3) is 0 Å². The van der Waals surface area contributed by atoms with Crippen molar-refractivity contribution in [2.45, 2.75) is 40.2 Å². The monoisotopic (exact) mass is 335 g/mol. The van der Waals surface area contributed by atoms with Crippen molar-refractivity contribution in [3.8, 4) is 5.69 Å². The summed E-state index contributed by atoms with van der Waals surface area (Å²) in [5.41, 5.74) is 4.56. The van der Waals surface area contributed by atoms with Gasteiger partial charge in [0.1, 0.15) is 0 Å². The lowest BCUT2D eigenvalue weighted by Crippen LogP contribution is -2.19. The highest BCUT2D eigenvalue weighted by molar-refractivity contribution is 9.10. The molecule has 0 saturated carbocycles. The molecule has 20 heavy (non-hydrogen) atoms. The maximum atomic E-state index is 4.56. The molecule has 1 aromatic heterocycles. The molecule has 0 bridgehead atoms. The van der Waals surface area contributed by atoms with Gasteiger partial charge in [-0.2, -0.15) is 5.10 Å². The van der Waals surface area contributed by atoms with Crippen LogP contribution in [0.5, 0.6) is 0 Å². The molecular weight excluding hydrogens is 314 g/mol. The highest BCUT2D eigenvalue weighted by Crippen LogP contribution is 2.23. The molecule has 0 aliphatic rings. The largest absolute Gasteiger partial charge is 0.310 e. The first kappa shape index (κ1) is 15.3. The van der Waals surface area contributed by atoms with E-state index in [1.54, 1.807) is 0 Å². The Morgan fingerprint density at radius 3 is 2.40 bits per heavy atom. The van der Waals surface area contributed by atoms with Crippen molar-refractivity contribution < 1.29 is 0 Å². The van der Waals surface area contributed by atoms with Crippen LogP contribution in [0.3, 0.4) is 0 Å². The first-order valence-corrected chi connectivity index (χ1v) is 7.89. The van der Waals surface area contributed by atoms with Crippen molar-refractivity contribution in [3.63, 3.8) is 0 Å². The van der Waals surface area contributed by atoms with Crippen molar-refractivity contribution in [2.24, 2.45) is 0 Å². The number of benzene rings is 1. The molecule has 0 aliphatic carbocycles. The Morgan fingerprint density at radius 1 is 1.25 bits per heavy atom. The van der Waals surface area contributed by atoms with E-state index in [0.717, 1.165) is 34.5 Å². The van der Waals surface area contributed by atoms with Crippen LogP contribution in [0.25, 0.3) is 5.69 Å². The number of halogens is 1. The molecule has 1 atom stereocenters. The van der Waals surface area contributed by atoms with Gasteiger partial charge in [-0.05, 0) is 67.4 Å². The summed E-state index contributed by atoms with van der Waals surface area (Å²) in [5, 5.41) is 8.06. The van der Waals surface area contributed by atoms with Gasteiger partial charge < -0.3 is 5.32 Å². The fraction of sp³-hybridized carbons (Fsp3) is 0.438. The minimum Gasteiger partial charge on any atom is -0.310 e. The molecule has 0 amide bonds. The van der Waals surface area contributed by atoms with E-state index in [4.69, 9.17) is 0 Å². The van der Waals surface area contributed by atoms with Crippen LogP contribution in [-0.4, -0.2) is 16.3 Å². The Kier molecular flexibility index (Phi) is 5.00. The summed E-state index contributed by atoms with van der Waals surface area (Å²) in [4.78, 5) is 0. The number of aromatic nitrogens is 2. The molecule has 4 heteroatoms. The van der Waals surface area contributed by atoms with Crippen LogP contribution >= 0.6 is 15.9 Å². The first-order chi connectivity index (χ1) is 9.54. The molecule has 1 unspecified atom stereocenters. The van der Waals surface area contributed by atoms with E-state index in [9.17, 15) is 0 Å². The third kappa shape index (κ3) is 3.13. The van der Waals surface area contributed by atoms with Gasteiger partial charge in [-0.15, -0.1) is 0 Å². The van der Waals surface area contributed by atoms with Crippen molar-refractivity contribution in [2.75, 3.05) is 6.54 Å². The standard InChI is InChI=1S/C16H22BrN3/c1-5-10-18-11(2)14-6-8-15(9-7-14)20-13(4)16(17)12(3)19-20/h6-9,11,18H,5,10H2,1-4H3. The molecule has 0 spiro atoms. The van der Waals surface area contributed by atoms with Gasteiger partial charge in [0.15, 0.2) is 0 Å².